The molecule has 2 N–H and O–H groups in total. The van der Waals surface area contributed by atoms with Crippen molar-refractivity contribution >= 4 is 23.1 Å². The minimum absolute atomic E-state index is 0.105. The molecule has 0 aromatic heterocycles. The molecular formula is C20H19N3O3. The standard InChI is InChI=1S/C20H19N3O3/c1-3-26-19-10-5-4-9-18(19)22-13-16(12-21)20(25)23-17-8-6-7-15(11-17)14(2)24/h4-11,13,22H,3H2,1-2H3,(H,23,25)/b16-13-. The predicted molar refractivity (Wildman–Crippen MR) is 100 cm³/mol. The van der Waals surface area contributed by atoms with E-state index in [4.69, 9.17) is 4.74 Å². The largest absolute Gasteiger partial charge is 0.492 e. The van der Waals surface area contributed by atoms with Crippen molar-refractivity contribution in [2.24, 2.45) is 0 Å². The van der Waals surface area contributed by atoms with Crippen LogP contribution in [-0.4, -0.2) is 18.3 Å². The Labute approximate surface area is 152 Å². The molecule has 0 atom stereocenters. The summed E-state index contributed by atoms with van der Waals surface area (Å²) in [5.41, 5.74) is 1.46. The van der Waals surface area contributed by atoms with E-state index in [2.05, 4.69) is 10.6 Å². The number of benzene rings is 2. The molecule has 0 aliphatic rings. The molecule has 0 radical (unpaired) electrons. The number of Topliss-reactive ketones (excluding diaryl/α,β-unsaturated/α-hetero) is 1. The molecule has 0 unspecified atom stereocenters. The lowest BCUT2D eigenvalue weighted by Gasteiger charge is -2.10. The highest BCUT2D eigenvalue weighted by molar-refractivity contribution is 6.07. The summed E-state index contributed by atoms with van der Waals surface area (Å²) in [7, 11) is 0. The molecule has 0 spiro atoms. The van der Waals surface area contributed by atoms with Crippen molar-refractivity contribution in [1.82, 2.24) is 0 Å². The number of amides is 1. The number of rotatable bonds is 7. The maximum atomic E-state index is 12.3. The van der Waals surface area contributed by atoms with Crippen molar-refractivity contribution in [3.05, 3.63) is 65.9 Å². The number of hydrogen-bond acceptors (Lipinski definition) is 5. The van der Waals surface area contributed by atoms with E-state index in [1.54, 1.807) is 36.4 Å². The van der Waals surface area contributed by atoms with Crippen LogP contribution in [0.25, 0.3) is 0 Å². The SMILES string of the molecule is CCOc1ccccc1N/C=C(/C#N)C(=O)Nc1cccc(C(C)=O)c1. The van der Waals surface area contributed by atoms with E-state index in [0.29, 0.717) is 29.3 Å². The highest BCUT2D eigenvalue weighted by Crippen LogP contribution is 2.24. The fraction of sp³-hybridized carbons (Fsp3) is 0.150. The first-order valence-electron chi connectivity index (χ1n) is 8.06. The third-order valence-electron chi connectivity index (χ3n) is 3.45. The molecule has 6 nitrogen and oxygen atoms in total. The number of para-hydroxylation sites is 2. The Kier molecular flexibility index (Phi) is 6.52. The molecule has 26 heavy (non-hydrogen) atoms. The lowest BCUT2D eigenvalue weighted by Crippen LogP contribution is -2.15. The fourth-order valence-electron chi connectivity index (χ4n) is 2.18. The first kappa shape index (κ1) is 18.7. The van der Waals surface area contributed by atoms with Crippen molar-refractivity contribution in [2.75, 3.05) is 17.2 Å². The van der Waals surface area contributed by atoms with Crippen LogP contribution in [0.5, 0.6) is 5.75 Å². The second-order valence-electron chi connectivity index (χ2n) is 5.33. The van der Waals surface area contributed by atoms with Gasteiger partial charge in [0.1, 0.15) is 17.4 Å². The van der Waals surface area contributed by atoms with Gasteiger partial charge in [-0.3, -0.25) is 9.59 Å². The van der Waals surface area contributed by atoms with E-state index in [0.717, 1.165) is 0 Å². The highest BCUT2D eigenvalue weighted by atomic mass is 16.5. The summed E-state index contributed by atoms with van der Waals surface area (Å²) < 4.78 is 5.49. The number of carbonyl (C=O) groups is 2. The molecule has 2 aromatic rings. The van der Waals surface area contributed by atoms with Gasteiger partial charge in [0.2, 0.25) is 0 Å². The molecule has 0 aliphatic carbocycles. The molecule has 0 fully saturated rings. The zero-order chi connectivity index (χ0) is 18.9. The van der Waals surface area contributed by atoms with Crippen LogP contribution in [0.1, 0.15) is 24.2 Å². The number of nitrogens with zero attached hydrogens (tertiary/aromatic N) is 1. The van der Waals surface area contributed by atoms with Crippen LogP contribution in [-0.2, 0) is 4.79 Å². The van der Waals surface area contributed by atoms with E-state index < -0.39 is 5.91 Å². The molecule has 0 saturated heterocycles. The Morgan fingerprint density at radius 2 is 1.96 bits per heavy atom. The molecule has 0 heterocycles. The van der Waals surface area contributed by atoms with Crippen molar-refractivity contribution in [1.29, 1.82) is 5.26 Å². The molecule has 132 valence electrons. The molecule has 0 saturated carbocycles. The Balaban J connectivity index is 2.14. The number of ether oxygens (including phenoxy) is 1. The Bertz CT molecular complexity index is 882. The number of hydrogen-bond donors (Lipinski definition) is 2. The molecular weight excluding hydrogens is 330 g/mol. The topological polar surface area (TPSA) is 91.2 Å². The lowest BCUT2D eigenvalue weighted by atomic mass is 10.1. The minimum atomic E-state index is -0.574. The van der Waals surface area contributed by atoms with Crippen molar-refractivity contribution in [3.63, 3.8) is 0 Å². The van der Waals surface area contributed by atoms with Crippen LogP contribution >= 0.6 is 0 Å². The molecule has 0 aliphatic heterocycles. The summed E-state index contributed by atoms with van der Waals surface area (Å²) in [6.07, 6.45) is 1.32. The van der Waals surface area contributed by atoms with Crippen LogP contribution < -0.4 is 15.4 Å². The van der Waals surface area contributed by atoms with Gasteiger partial charge in [-0.25, -0.2) is 0 Å². The summed E-state index contributed by atoms with van der Waals surface area (Å²) in [5, 5.41) is 14.8. The normalized spacial score (nSPS) is 10.6. The van der Waals surface area contributed by atoms with Gasteiger partial charge in [0.25, 0.3) is 5.91 Å². The van der Waals surface area contributed by atoms with Gasteiger partial charge in [-0.1, -0.05) is 24.3 Å². The maximum absolute atomic E-state index is 12.3. The number of ketones is 1. The Hall–Kier alpha value is -3.59. The molecule has 2 rings (SSSR count). The second-order valence-corrected chi connectivity index (χ2v) is 5.33. The van der Waals surface area contributed by atoms with E-state index in [1.807, 2.05) is 25.1 Å². The third-order valence-corrected chi connectivity index (χ3v) is 3.45. The smallest absolute Gasteiger partial charge is 0.267 e. The van der Waals surface area contributed by atoms with Crippen LogP contribution in [0.2, 0.25) is 0 Å². The molecule has 6 heteroatoms. The fourth-order valence-corrected chi connectivity index (χ4v) is 2.18. The van der Waals surface area contributed by atoms with E-state index >= 15 is 0 Å². The van der Waals surface area contributed by atoms with Crippen LogP contribution in [0.4, 0.5) is 11.4 Å². The summed E-state index contributed by atoms with van der Waals surface area (Å²) in [6.45, 7) is 3.82. The number of anilines is 2. The third kappa shape index (κ3) is 4.95. The first-order valence-corrected chi connectivity index (χ1v) is 8.06. The van der Waals surface area contributed by atoms with Crippen LogP contribution in [0.3, 0.4) is 0 Å². The van der Waals surface area contributed by atoms with E-state index in [-0.39, 0.29) is 11.4 Å². The Morgan fingerprint density at radius 1 is 1.19 bits per heavy atom. The zero-order valence-corrected chi connectivity index (χ0v) is 14.6. The average Bonchev–Trinajstić information content (AvgIpc) is 2.64. The van der Waals surface area contributed by atoms with Gasteiger partial charge >= 0.3 is 0 Å². The van der Waals surface area contributed by atoms with Gasteiger partial charge in [-0.05, 0) is 38.1 Å². The van der Waals surface area contributed by atoms with Gasteiger partial charge in [0, 0.05) is 17.5 Å². The monoisotopic (exact) mass is 349 g/mol. The second kappa shape index (κ2) is 9.04. The van der Waals surface area contributed by atoms with E-state index in [1.165, 1.54) is 13.1 Å². The zero-order valence-electron chi connectivity index (χ0n) is 14.6. The van der Waals surface area contributed by atoms with Crippen molar-refractivity contribution < 1.29 is 14.3 Å². The van der Waals surface area contributed by atoms with Gasteiger partial charge in [0.05, 0.1) is 12.3 Å². The number of carbonyl (C=O) groups excluding carboxylic acids is 2. The van der Waals surface area contributed by atoms with Gasteiger partial charge in [0.15, 0.2) is 5.78 Å². The van der Waals surface area contributed by atoms with Crippen molar-refractivity contribution in [2.45, 2.75) is 13.8 Å². The van der Waals surface area contributed by atoms with E-state index in [9.17, 15) is 14.9 Å². The summed E-state index contributed by atoms with van der Waals surface area (Å²) in [4.78, 5) is 23.7. The molecule has 2 aromatic carbocycles. The molecule has 0 bridgehead atoms. The minimum Gasteiger partial charge on any atom is -0.492 e. The lowest BCUT2D eigenvalue weighted by molar-refractivity contribution is -0.112. The number of nitrogens with one attached hydrogen (secondary N) is 2. The first-order chi connectivity index (χ1) is 12.5. The van der Waals surface area contributed by atoms with Crippen molar-refractivity contribution in [3.8, 4) is 11.8 Å². The summed E-state index contributed by atoms with van der Waals surface area (Å²) in [6, 6.07) is 15.6. The molecule has 1 amide bonds. The average molecular weight is 349 g/mol. The summed E-state index contributed by atoms with van der Waals surface area (Å²) >= 11 is 0. The predicted octanol–water partition coefficient (Wildman–Crippen LogP) is 3.75. The number of nitriles is 1. The highest BCUT2D eigenvalue weighted by Gasteiger charge is 2.11. The quantitative estimate of drug-likeness (QED) is 0.451. The summed E-state index contributed by atoms with van der Waals surface area (Å²) in [5.74, 6) is -0.0564. The van der Waals surface area contributed by atoms with Crippen LogP contribution in [0, 0.1) is 11.3 Å². The van der Waals surface area contributed by atoms with Gasteiger partial charge in [-0.15, -0.1) is 0 Å². The van der Waals surface area contributed by atoms with Gasteiger partial charge in [-0.2, -0.15) is 5.26 Å². The Morgan fingerprint density at radius 3 is 2.65 bits per heavy atom. The maximum Gasteiger partial charge on any atom is 0.267 e. The van der Waals surface area contributed by atoms with Gasteiger partial charge < -0.3 is 15.4 Å². The van der Waals surface area contributed by atoms with Crippen LogP contribution in [0.15, 0.2) is 60.3 Å².